The number of anilines is 1. The highest BCUT2D eigenvalue weighted by Gasteiger charge is 2.27. The number of hydrogen-bond acceptors (Lipinski definition) is 5. The molecule has 0 saturated carbocycles. The average Bonchev–Trinajstić information content (AvgIpc) is 2.83. The molecular formula is C26H36BrN3O5S. The Bertz CT molecular complexity index is 1130. The van der Waals surface area contributed by atoms with E-state index < -0.39 is 16.1 Å². The molecule has 1 N–H and O–H groups in total. The molecule has 8 nitrogen and oxygen atoms in total. The molecule has 0 radical (unpaired) electrons. The van der Waals surface area contributed by atoms with Gasteiger partial charge in [-0.25, -0.2) is 8.42 Å². The van der Waals surface area contributed by atoms with Gasteiger partial charge < -0.3 is 15.0 Å². The molecule has 0 bridgehead atoms. The Morgan fingerprint density at radius 2 is 1.83 bits per heavy atom. The molecule has 0 saturated heterocycles. The fourth-order valence-electron chi connectivity index (χ4n) is 3.73. The molecule has 0 fully saturated rings. The topological polar surface area (TPSA) is 96.0 Å². The number of carbonyl (C=O) groups is 2. The van der Waals surface area contributed by atoms with Crippen LogP contribution in [0, 0.1) is 0 Å². The molecule has 0 aliphatic heterocycles. The molecule has 0 aromatic heterocycles. The maximum absolute atomic E-state index is 13.3. The first-order chi connectivity index (χ1) is 17.1. The summed E-state index contributed by atoms with van der Waals surface area (Å²) in [4.78, 5) is 27.6. The number of amides is 2. The van der Waals surface area contributed by atoms with Crippen LogP contribution in [-0.4, -0.2) is 57.1 Å². The largest absolute Gasteiger partial charge is 0.492 e. The molecule has 2 rings (SSSR count). The maximum Gasteiger partial charge on any atom is 0.242 e. The van der Waals surface area contributed by atoms with Crippen LogP contribution in [0.1, 0.15) is 45.6 Å². The molecule has 0 aliphatic rings. The van der Waals surface area contributed by atoms with Crippen molar-refractivity contribution >= 4 is 43.5 Å². The van der Waals surface area contributed by atoms with E-state index in [4.69, 9.17) is 4.74 Å². The van der Waals surface area contributed by atoms with Crippen LogP contribution in [0.2, 0.25) is 0 Å². The van der Waals surface area contributed by atoms with Crippen molar-refractivity contribution in [1.29, 1.82) is 0 Å². The van der Waals surface area contributed by atoms with E-state index in [1.165, 1.54) is 4.31 Å². The van der Waals surface area contributed by atoms with Crippen molar-refractivity contribution in [3.63, 3.8) is 0 Å². The van der Waals surface area contributed by atoms with Crippen molar-refractivity contribution in [3.8, 4) is 5.75 Å². The van der Waals surface area contributed by atoms with Gasteiger partial charge in [-0.3, -0.25) is 13.9 Å². The smallest absolute Gasteiger partial charge is 0.242 e. The number of halogens is 1. The fourth-order valence-corrected chi connectivity index (χ4v) is 5.15. The van der Waals surface area contributed by atoms with Crippen LogP contribution in [0.5, 0.6) is 5.75 Å². The zero-order valence-corrected chi connectivity index (χ0v) is 23.8. The average molecular weight is 583 g/mol. The highest BCUT2D eigenvalue weighted by molar-refractivity contribution is 9.10. The number of hydrogen-bond donors (Lipinski definition) is 1. The van der Waals surface area contributed by atoms with Gasteiger partial charge in [-0.15, -0.1) is 0 Å². The van der Waals surface area contributed by atoms with Crippen LogP contribution in [0.4, 0.5) is 5.69 Å². The van der Waals surface area contributed by atoms with Crippen LogP contribution >= 0.6 is 15.9 Å². The monoisotopic (exact) mass is 581 g/mol. The number of carbonyl (C=O) groups excluding carboxylic acids is 2. The maximum atomic E-state index is 13.3. The normalized spacial score (nSPS) is 12.0. The molecule has 2 amide bonds. The Kier molecular flexibility index (Phi) is 11.7. The predicted octanol–water partition coefficient (Wildman–Crippen LogP) is 4.34. The minimum atomic E-state index is -3.61. The van der Waals surface area contributed by atoms with Gasteiger partial charge in [0.15, 0.2) is 0 Å². The number of sulfonamides is 1. The number of ether oxygens (including phenoxy) is 1. The van der Waals surface area contributed by atoms with Gasteiger partial charge in [-0.2, -0.15) is 0 Å². The van der Waals surface area contributed by atoms with Gasteiger partial charge in [0, 0.05) is 30.5 Å². The molecule has 0 aliphatic carbocycles. The van der Waals surface area contributed by atoms with Gasteiger partial charge in [-0.1, -0.05) is 47.1 Å². The second kappa shape index (κ2) is 14.2. The molecule has 0 heterocycles. The second-order valence-electron chi connectivity index (χ2n) is 8.46. The Hall–Kier alpha value is -2.59. The van der Waals surface area contributed by atoms with E-state index in [0.29, 0.717) is 24.6 Å². The first kappa shape index (κ1) is 29.6. The van der Waals surface area contributed by atoms with Gasteiger partial charge in [0.25, 0.3) is 0 Å². The van der Waals surface area contributed by atoms with E-state index in [0.717, 1.165) is 22.7 Å². The van der Waals surface area contributed by atoms with Gasteiger partial charge in [0.2, 0.25) is 21.8 Å². The van der Waals surface area contributed by atoms with Crippen LogP contribution in [0.3, 0.4) is 0 Å². The van der Waals surface area contributed by atoms with E-state index in [1.54, 1.807) is 36.1 Å². The summed E-state index contributed by atoms with van der Waals surface area (Å²) in [6.07, 6.45) is 2.30. The Morgan fingerprint density at radius 3 is 2.47 bits per heavy atom. The Labute approximate surface area is 223 Å². The van der Waals surface area contributed by atoms with Gasteiger partial charge in [0.05, 0.1) is 18.6 Å². The molecule has 36 heavy (non-hydrogen) atoms. The fraction of sp³-hybridized carbons (Fsp3) is 0.462. The number of nitrogens with one attached hydrogen (secondary N) is 1. The van der Waals surface area contributed by atoms with Crippen molar-refractivity contribution in [3.05, 3.63) is 58.6 Å². The SMILES string of the molecule is CCCNC(=O)[C@@H](C)N(Cc1cccc(Br)c1)C(=O)CCCN(c1ccccc1OCC)S(C)(=O)=O. The van der Waals surface area contributed by atoms with Crippen LogP contribution in [0.15, 0.2) is 53.0 Å². The summed E-state index contributed by atoms with van der Waals surface area (Å²) in [5.41, 5.74) is 1.32. The predicted molar refractivity (Wildman–Crippen MR) is 146 cm³/mol. The molecule has 10 heteroatoms. The lowest BCUT2D eigenvalue weighted by Gasteiger charge is -2.29. The number of rotatable bonds is 14. The third-order valence-electron chi connectivity index (χ3n) is 5.54. The van der Waals surface area contributed by atoms with Crippen LogP contribution in [0.25, 0.3) is 0 Å². The van der Waals surface area contributed by atoms with Gasteiger partial charge in [-0.05, 0) is 56.5 Å². The van der Waals surface area contributed by atoms with Gasteiger partial charge >= 0.3 is 0 Å². The first-order valence-electron chi connectivity index (χ1n) is 12.1. The third kappa shape index (κ3) is 8.81. The Balaban J connectivity index is 2.19. The standard InChI is InChI=1S/C26H36BrN3O5S/c1-5-16-28-26(32)20(3)29(19-21-11-9-12-22(27)18-21)25(31)15-10-17-30(36(4,33)34)23-13-7-8-14-24(23)35-6-2/h7-9,11-14,18,20H,5-6,10,15-17,19H2,1-4H3,(H,28,32)/t20-/m1/s1. The molecule has 198 valence electrons. The Morgan fingerprint density at radius 1 is 1.11 bits per heavy atom. The van der Waals surface area contributed by atoms with Crippen molar-refractivity contribution in [2.24, 2.45) is 0 Å². The summed E-state index contributed by atoms with van der Waals surface area (Å²) < 4.78 is 32.9. The molecule has 2 aromatic carbocycles. The summed E-state index contributed by atoms with van der Waals surface area (Å²) in [5, 5.41) is 2.85. The van der Waals surface area contributed by atoms with E-state index >= 15 is 0 Å². The highest BCUT2D eigenvalue weighted by atomic mass is 79.9. The summed E-state index contributed by atoms with van der Waals surface area (Å²) in [6, 6.07) is 13.8. The van der Waals surface area contributed by atoms with Crippen molar-refractivity contribution in [2.75, 3.05) is 30.3 Å². The van der Waals surface area contributed by atoms with Crippen molar-refractivity contribution < 1.29 is 22.7 Å². The summed E-state index contributed by atoms with van der Waals surface area (Å²) >= 11 is 3.45. The minimum absolute atomic E-state index is 0.0855. The lowest BCUT2D eigenvalue weighted by molar-refractivity contribution is -0.140. The molecule has 0 unspecified atom stereocenters. The molecule has 0 spiro atoms. The second-order valence-corrected chi connectivity index (χ2v) is 11.3. The van der Waals surface area contributed by atoms with Gasteiger partial charge in [0.1, 0.15) is 11.8 Å². The van der Waals surface area contributed by atoms with Crippen molar-refractivity contribution in [2.45, 2.75) is 52.6 Å². The lowest BCUT2D eigenvalue weighted by atomic mass is 10.1. The summed E-state index contributed by atoms with van der Waals surface area (Å²) in [5.74, 6) is 0.0264. The van der Waals surface area contributed by atoms with Crippen molar-refractivity contribution in [1.82, 2.24) is 10.2 Å². The van der Waals surface area contributed by atoms with Crippen LogP contribution < -0.4 is 14.4 Å². The highest BCUT2D eigenvalue weighted by Crippen LogP contribution is 2.30. The zero-order chi connectivity index (χ0) is 26.7. The first-order valence-corrected chi connectivity index (χ1v) is 14.7. The number of para-hydroxylation sites is 2. The lowest BCUT2D eigenvalue weighted by Crippen LogP contribution is -2.47. The minimum Gasteiger partial charge on any atom is -0.492 e. The summed E-state index contributed by atoms with van der Waals surface area (Å²) in [7, 11) is -3.61. The third-order valence-corrected chi connectivity index (χ3v) is 7.22. The molecular weight excluding hydrogens is 546 g/mol. The molecule has 1 atom stereocenters. The quantitative estimate of drug-likeness (QED) is 0.358. The van der Waals surface area contributed by atoms with E-state index in [1.807, 2.05) is 38.1 Å². The van der Waals surface area contributed by atoms with E-state index in [9.17, 15) is 18.0 Å². The van der Waals surface area contributed by atoms with Crippen LogP contribution in [-0.2, 0) is 26.2 Å². The number of nitrogens with zero attached hydrogens (tertiary/aromatic N) is 2. The van der Waals surface area contributed by atoms with E-state index in [2.05, 4.69) is 21.2 Å². The zero-order valence-electron chi connectivity index (χ0n) is 21.4. The van der Waals surface area contributed by atoms with E-state index in [-0.39, 0.29) is 37.7 Å². The summed E-state index contributed by atoms with van der Waals surface area (Å²) in [6.45, 7) is 6.81. The number of benzene rings is 2. The molecule has 2 aromatic rings.